The highest BCUT2D eigenvalue weighted by Gasteiger charge is 2.24. The zero-order valence-electron chi connectivity index (χ0n) is 14.3. The number of aryl methyl sites for hydroxylation is 1. The molecule has 26 heavy (non-hydrogen) atoms. The van der Waals surface area contributed by atoms with Gasteiger partial charge in [0.1, 0.15) is 10.6 Å². The van der Waals surface area contributed by atoms with Crippen molar-refractivity contribution in [1.29, 1.82) is 0 Å². The van der Waals surface area contributed by atoms with Gasteiger partial charge >= 0.3 is 5.97 Å². The smallest absolute Gasteiger partial charge is 0.341 e. The van der Waals surface area contributed by atoms with E-state index < -0.39 is 5.97 Å². The summed E-state index contributed by atoms with van der Waals surface area (Å²) in [6.07, 6.45) is 1.68. The molecule has 0 bridgehead atoms. The second kappa shape index (κ2) is 8.11. The molecule has 0 amide bonds. The highest BCUT2D eigenvalue weighted by Crippen LogP contribution is 2.40. The average molecular weight is 387 g/mol. The molecule has 8 heteroatoms. The molecule has 3 aromatic rings. The van der Waals surface area contributed by atoms with Gasteiger partial charge < -0.3 is 15.4 Å². The summed E-state index contributed by atoms with van der Waals surface area (Å²) >= 11 is 6.83. The fourth-order valence-electron chi connectivity index (χ4n) is 2.59. The van der Waals surface area contributed by atoms with E-state index in [1.165, 1.54) is 18.4 Å². The number of H-pyrrole nitrogens is 1. The van der Waals surface area contributed by atoms with Crippen molar-refractivity contribution in [3.05, 3.63) is 58.7 Å². The number of nitrogens with zero attached hydrogens (tertiary/aromatic N) is 1. The van der Waals surface area contributed by atoms with Crippen LogP contribution in [-0.4, -0.2) is 28.4 Å². The number of aromatic amines is 1. The van der Waals surface area contributed by atoms with Gasteiger partial charge in [-0.05, 0) is 30.8 Å². The van der Waals surface area contributed by atoms with Gasteiger partial charge in [-0.15, -0.1) is 11.3 Å². The van der Waals surface area contributed by atoms with Crippen molar-refractivity contribution < 1.29 is 9.53 Å². The predicted molar refractivity (Wildman–Crippen MR) is 107 cm³/mol. The van der Waals surface area contributed by atoms with Crippen molar-refractivity contribution in [1.82, 2.24) is 15.5 Å². The molecule has 0 saturated carbocycles. The van der Waals surface area contributed by atoms with Crippen molar-refractivity contribution in [2.75, 3.05) is 12.4 Å². The molecule has 134 valence electrons. The van der Waals surface area contributed by atoms with Gasteiger partial charge in [0, 0.05) is 16.6 Å². The van der Waals surface area contributed by atoms with Crippen LogP contribution in [0, 0.1) is 6.92 Å². The summed E-state index contributed by atoms with van der Waals surface area (Å²) in [7, 11) is 1.38. The summed E-state index contributed by atoms with van der Waals surface area (Å²) in [6, 6.07) is 11.6. The average Bonchev–Trinajstić information content (AvgIpc) is 3.27. The zero-order chi connectivity index (χ0) is 18.5. The number of thiophene rings is 1. The Labute approximate surface area is 160 Å². The predicted octanol–water partition coefficient (Wildman–Crippen LogP) is 3.72. The number of hydrogen-bond donors (Lipinski definition) is 3. The molecule has 3 N–H and O–H groups in total. The molecule has 3 rings (SSSR count). The summed E-state index contributed by atoms with van der Waals surface area (Å²) < 4.78 is 5.00. The Morgan fingerprint density at radius 2 is 2.08 bits per heavy atom. The zero-order valence-corrected chi connectivity index (χ0v) is 16.0. The van der Waals surface area contributed by atoms with E-state index in [9.17, 15) is 4.79 Å². The van der Waals surface area contributed by atoms with Gasteiger partial charge in [-0.3, -0.25) is 5.10 Å². The van der Waals surface area contributed by atoms with Crippen LogP contribution >= 0.6 is 23.6 Å². The van der Waals surface area contributed by atoms with Gasteiger partial charge in [0.25, 0.3) is 0 Å². The number of hydrogen-bond acceptors (Lipinski definition) is 5. The van der Waals surface area contributed by atoms with E-state index in [4.69, 9.17) is 17.0 Å². The van der Waals surface area contributed by atoms with E-state index in [-0.39, 0.29) is 0 Å². The van der Waals surface area contributed by atoms with Crippen LogP contribution in [0.1, 0.15) is 20.9 Å². The SMILES string of the molecule is COC(=O)c1c(NC(=S)NCc2ccn[nH]2)sc(C)c1-c1ccccc1. The molecular formula is C18H18N4O2S2. The molecule has 2 aromatic heterocycles. The van der Waals surface area contributed by atoms with Gasteiger partial charge in [-0.25, -0.2) is 4.79 Å². The van der Waals surface area contributed by atoms with Gasteiger partial charge in [0.2, 0.25) is 0 Å². The third-order valence-electron chi connectivity index (χ3n) is 3.76. The minimum Gasteiger partial charge on any atom is -0.465 e. The van der Waals surface area contributed by atoms with E-state index in [2.05, 4.69) is 20.8 Å². The lowest BCUT2D eigenvalue weighted by Crippen LogP contribution is -2.28. The molecule has 1 aromatic carbocycles. The molecule has 6 nitrogen and oxygen atoms in total. The molecule has 0 aliphatic carbocycles. The Morgan fingerprint density at radius 1 is 1.31 bits per heavy atom. The van der Waals surface area contributed by atoms with E-state index in [1.54, 1.807) is 6.20 Å². The Balaban J connectivity index is 1.87. The third-order valence-corrected chi connectivity index (χ3v) is 5.03. The van der Waals surface area contributed by atoms with E-state index in [1.807, 2.05) is 43.3 Å². The van der Waals surface area contributed by atoms with Crippen LogP contribution in [0.5, 0.6) is 0 Å². The summed E-state index contributed by atoms with van der Waals surface area (Å²) in [5, 5.41) is 14.0. The normalized spacial score (nSPS) is 10.4. The molecule has 0 fully saturated rings. The largest absolute Gasteiger partial charge is 0.465 e. The summed E-state index contributed by atoms with van der Waals surface area (Å²) in [4.78, 5) is 13.4. The van der Waals surface area contributed by atoms with Crippen molar-refractivity contribution in [2.45, 2.75) is 13.5 Å². The Kier molecular flexibility index (Phi) is 5.65. The number of rotatable bonds is 5. The number of benzene rings is 1. The number of thiocarbonyl (C=S) groups is 1. The fourth-order valence-corrected chi connectivity index (χ4v) is 3.90. The number of esters is 1. The molecule has 0 aliphatic heterocycles. The van der Waals surface area contributed by atoms with Gasteiger partial charge in [0.05, 0.1) is 19.3 Å². The quantitative estimate of drug-likeness (QED) is 0.458. The first kappa shape index (κ1) is 18.1. The van der Waals surface area contributed by atoms with Crippen molar-refractivity contribution in [3.63, 3.8) is 0 Å². The van der Waals surface area contributed by atoms with Crippen LogP contribution < -0.4 is 10.6 Å². The summed E-state index contributed by atoms with van der Waals surface area (Å²) in [5.41, 5.74) is 3.23. The van der Waals surface area contributed by atoms with Crippen LogP contribution in [0.25, 0.3) is 11.1 Å². The minimum absolute atomic E-state index is 0.396. The first-order chi connectivity index (χ1) is 12.6. The number of nitrogens with one attached hydrogen (secondary N) is 3. The Bertz CT molecular complexity index is 905. The molecule has 0 atom stereocenters. The van der Waals surface area contributed by atoms with Crippen LogP contribution in [0.3, 0.4) is 0 Å². The molecule has 2 heterocycles. The minimum atomic E-state index is -0.396. The van der Waals surface area contributed by atoms with Crippen molar-refractivity contribution in [2.24, 2.45) is 0 Å². The number of anilines is 1. The number of methoxy groups -OCH3 is 1. The molecule has 0 aliphatic rings. The number of ether oxygens (including phenoxy) is 1. The molecule has 0 radical (unpaired) electrons. The Morgan fingerprint density at radius 3 is 2.73 bits per heavy atom. The third kappa shape index (κ3) is 3.92. The van der Waals surface area contributed by atoms with Crippen LogP contribution in [-0.2, 0) is 11.3 Å². The lowest BCUT2D eigenvalue weighted by Gasteiger charge is -2.10. The number of carbonyl (C=O) groups excluding carboxylic acids is 1. The highest BCUT2D eigenvalue weighted by atomic mass is 32.1. The molecule has 0 spiro atoms. The van der Waals surface area contributed by atoms with Crippen LogP contribution in [0.4, 0.5) is 5.00 Å². The number of aromatic nitrogens is 2. The topological polar surface area (TPSA) is 79.0 Å². The first-order valence-corrected chi connectivity index (χ1v) is 9.13. The lowest BCUT2D eigenvalue weighted by atomic mass is 10.0. The van der Waals surface area contributed by atoms with Crippen LogP contribution in [0.2, 0.25) is 0 Å². The first-order valence-electron chi connectivity index (χ1n) is 7.90. The molecular weight excluding hydrogens is 368 g/mol. The summed E-state index contributed by atoms with van der Waals surface area (Å²) in [5.74, 6) is -0.396. The van der Waals surface area contributed by atoms with E-state index in [0.717, 1.165) is 21.7 Å². The second-order valence-corrected chi connectivity index (χ2v) is 7.12. The monoisotopic (exact) mass is 386 g/mol. The molecule has 0 saturated heterocycles. The Hall–Kier alpha value is -2.71. The maximum absolute atomic E-state index is 12.4. The fraction of sp³-hybridized carbons (Fsp3) is 0.167. The van der Waals surface area contributed by atoms with Gasteiger partial charge in [-0.2, -0.15) is 5.10 Å². The van der Waals surface area contributed by atoms with Gasteiger partial charge in [-0.1, -0.05) is 30.3 Å². The van der Waals surface area contributed by atoms with Gasteiger partial charge in [0.15, 0.2) is 5.11 Å². The maximum Gasteiger partial charge on any atom is 0.341 e. The van der Waals surface area contributed by atoms with Crippen molar-refractivity contribution in [3.8, 4) is 11.1 Å². The second-order valence-electron chi connectivity index (χ2n) is 5.48. The van der Waals surface area contributed by atoms with E-state index >= 15 is 0 Å². The van der Waals surface area contributed by atoms with E-state index in [0.29, 0.717) is 22.2 Å². The van der Waals surface area contributed by atoms with Crippen LogP contribution in [0.15, 0.2) is 42.6 Å². The number of carbonyl (C=O) groups is 1. The molecule has 0 unspecified atom stereocenters. The summed E-state index contributed by atoms with van der Waals surface area (Å²) in [6.45, 7) is 2.49. The highest BCUT2D eigenvalue weighted by molar-refractivity contribution is 7.80. The lowest BCUT2D eigenvalue weighted by molar-refractivity contribution is 0.0603. The maximum atomic E-state index is 12.4. The van der Waals surface area contributed by atoms with Crippen molar-refractivity contribution >= 4 is 39.6 Å². The standard InChI is InChI=1S/C18H18N4O2S2/c1-11-14(12-6-4-3-5-7-12)15(17(23)24-2)16(26-11)21-18(25)19-10-13-8-9-20-22-13/h3-9H,10H2,1-2H3,(H,20,22)(H2,19,21,25).